The van der Waals surface area contributed by atoms with Gasteiger partial charge in [-0.15, -0.1) is 0 Å². The minimum Gasteiger partial charge on any atom is -0.352 e. The molecule has 2 saturated heterocycles. The zero-order valence-corrected chi connectivity index (χ0v) is 12.1. The van der Waals surface area contributed by atoms with Crippen LogP contribution in [0.4, 0.5) is 0 Å². The summed E-state index contributed by atoms with van der Waals surface area (Å²) in [6.45, 7) is 1.49. The highest BCUT2D eigenvalue weighted by Gasteiger charge is 2.50. The summed E-state index contributed by atoms with van der Waals surface area (Å²) >= 11 is 0. The molecule has 2 aliphatic heterocycles. The van der Waals surface area contributed by atoms with Crippen molar-refractivity contribution in [3.63, 3.8) is 0 Å². The fourth-order valence-corrected chi connectivity index (χ4v) is 2.67. The summed E-state index contributed by atoms with van der Waals surface area (Å²) in [6.07, 6.45) is -2.33. The average molecular weight is 305 g/mol. The lowest BCUT2D eigenvalue weighted by Gasteiger charge is -2.30. The number of fused-ring (bicyclic) bond motifs is 2. The van der Waals surface area contributed by atoms with Crippen molar-refractivity contribution in [3.8, 4) is 0 Å². The highest BCUT2D eigenvalue weighted by Crippen LogP contribution is 2.28. The third-order valence-electron chi connectivity index (χ3n) is 3.71. The molecule has 0 spiro atoms. The van der Waals surface area contributed by atoms with Crippen LogP contribution in [0.15, 0.2) is 30.3 Å². The summed E-state index contributed by atoms with van der Waals surface area (Å²) in [6, 6.07) is 9.69. The van der Waals surface area contributed by atoms with E-state index in [1.54, 1.807) is 4.90 Å². The van der Waals surface area contributed by atoms with E-state index >= 15 is 0 Å². The number of ether oxygens (including phenoxy) is 2. The van der Waals surface area contributed by atoms with Gasteiger partial charge in [-0.3, -0.25) is 9.59 Å². The molecule has 0 aliphatic carbocycles. The zero-order valence-electron chi connectivity index (χ0n) is 12.1. The predicted octanol–water partition coefficient (Wildman–Crippen LogP) is -0.786. The summed E-state index contributed by atoms with van der Waals surface area (Å²) < 4.78 is 11.0. The Balaban J connectivity index is 1.67. The Bertz CT molecular complexity index is 551. The monoisotopic (exact) mass is 305 g/mol. The molecule has 3 atom stereocenters. The van der Waals surface area contributed by atoms with E-state index < -0.39 is 18.5 Å². The van der Waals surface area contributed by atoms with Gasteiger partial charge < -0.3 is 25.4 Å². The van der Waals surface area contributed by atoms with Crippen LogP contribution in [0.2, 0.25) is 0 Å². The van der Waals surface area contributed by atoms with Gasteiger partial charge in [-0.2, -0.15) is 0 Å². The van der Waals surface area contributed by atoms with Crippen LogP contribution in [0.1, 0.15) is 5.56 Å². The van der Waals surface area contributed by atoms with E-state index in [0.29, 0.717) is 26.2 Å². The minimum absolute atomic E-state index is 0.217. The lowest BCUT2D eigenvalue weighted by atomic mass is 10.1. The van der Waals surface area contributed by atoms with E-state index in [1.807, 2.05) is 30.3 Å². The molecule has 2 heterocycles. The molecule has 2 aliphatic rings. The third kappa shape index (κ3) is 2.96. The quantitative estimate of drug-likeness (QED) is 0.744. The largest absolute Gasteiger partial charge is 0.352 e. The van der Waals surface area contributed by atoms with E-state index in [0.717, 1.165) is 5.56 Å². The molecule has 7 nitrogen and oxygen atoms in total. The van der Waals surface area contributed by atoms with Crippen molar-refractivity contribution in [3.05, 3.63) is 35.9 Å². The first-order valence-electron chi connectivity index (χ1n) is 7.30. The Hall–Kier alpha value is -1.96. The number of nitrogens with zero attached hydrogens (tertiary/aromatic N) is 1. The van der Waals surface area contributed by atoms with Crippen molar-refractivity contribution < 1.29 is 19.1 Å². The Labute approximate surface area is 128 Å². The van der Waals surface area contributed by atoms with Crippen molar-refractivity contribution in [2.24, 2.45) is 5.73 Å². The molecular formula is C15H19N3O4. The first-order valence-corrected chi connectivity index (χ1v) is 7.30. The molecule has 22 heavy (non-hydrogen) atoms. The summed E-state index contributed by atoms with van der Waals surface area (Å²) in [4.78, 5) is 26.2. The number of hydrogen-bond donors (Lipinski definition) is 2. The van der Waals surface area contributed by atoms with Crippen LogP contribution >= 0.6 is 0 Å². The topological polar surface area (TPSA) is 93.9 Å². The maximum atomic E-state index is 12.5. The maximum Gasteiger partial charge on any atom is 0.255 e. The van der Waals surface area contributed by atoms with Crippen LogP contribution in [0, 0.1) is 0 Å². The first kappa shape index (κ1) is 15.0. The van der Waals surface area contributed by atoms with E-state index in [9.17, 15) is 9.59 Å². The molecule has 0 unspecified atom stereocenters. The number of carbonyl (C=O) groups excluding carboxylic acids is 2. The fourth-order valence-electron chi connectivity index (χ4n) is 2.67. The van der Waals surface area contributed by atoms with Gasteiger partial charge >= 0.3 is 0 Å². The Kier molecular flexibility index (Phi) is 4.37. The first-order chi connectivity index (χ1) is 10.7. The molecule has 2 amide bonds. The molecule has 2 bridgehead atoms. The molecule has 0 aromatic heterocycles. The fraction of sp³-hybridized carbons (Fsp3) is 0.467. The van der Waals surface area contributed by atoms with E-state index in [1.165, 1.54) is 0 Å². The van der Waals surface area contributed by atoms with Crippen molar-refractivity contribution in [1.29, 1.82) is 0 Å². The number of carbonyl (C=O) groups is 2. The van der Waals surface area contributed by atoms with Gasteiger partial charge in [-0.1, -0.05) is 30.3 Å². The number of benzene rings is 1. The highest BCUT2D eigenvalue weighted by molar-refractivity contribution is 5.92. The Morgan fingerprint density at radius 3 is 2.82 bits per heavy atom. The molecular weight excluding hydrogens is 286 g/mol. The number of hydrogen-bond acceptors (Lipinski definition) is 5. The number of nitrogens with one attached hydrogen (secondary N) is 1. The van der Waals surface area contributed by atoms with Crippen molar-refractivity contribution >= 4 is 11.8 Å². The molecule has 1 aromatic carbocycles. The number of rotatable bonds is 5. The lowest BCUT2D eigenvalue weighted by Crippen LogP contribution is -2.51. The third-order valence-corrected chi connectivity index (χ3v) is 3.71. The molecule has 3 rings (SSSR count). The molecule has 118 valence electrons. The number of nitrogens with two attached hydrogens (primary N) is 1. The SMILES string of the molecule is NCCNC(=O)[C@@H]1O[C@H]2CN(Cc3ccccc3)C(=O)[C@@H]1O2. The number of amides is 2. The second-order valence-corrected chi connectivity index (χ2v) is 5.33. The van der Waals surface area contributed by atoms with Crippen molar-refractivity contribution in [2.75, 3.05) is 19.6 Å². The zero-order chi connectivity index (χ0) is 15.5. The van der Waals surface area contributed by atoms with Gasteiger partial charge in [0.1, 0.15) is 0 Å². The molecule has 1 aromatic rings. The molecule has 7 heteroatoms. The Morgan fingerprint density at radius 2 is 2.09 bits per heavy atom. The normalized spacial score (nSPS) is 27.0. The highest BCUT2D eigenvalue weighted by atomic mass is 16.7. The second-order valence-electron chi connectivity index (χ2n) is 5.33. The summed E-state index contributed by atoms with van der Waals surface area (Å²) in [5.41, 5.74) is 6.38. The summed E-state index contributed by atoms with van der Waals surface area (Å²) in [5.74, 6) is -0.571. The van der Waals surface area contributed by atoms with Gasteiger partial charge in [0.05, 0.1) is 6.54 Å². The van der Waals surface area contributed by atoms with Crippen LogP contribution in [0.5, 0.6) is 0 Å². The molecule has 0 saturated carbocycles. The molecule has 2 fully saturated rings. The standard InChI is InChI=1S/C15H19N3O4/c16-6-7-17-14(19)12-13-15(20)18(9-11(21-12)22-13)8-10-4-2-1-3-5-10/h1-5,11-13H,6-9,16H2,(H,17,19)/t11-,12-,13-/m1/s1. The number of morpholine rings is 1. The smallest absolute Gasteiger partial charge is 0.255 e. The summed E-state index contributed by atoms with van der Waals surface area (Å²) in [5, 5.41) is 2.63. The molecule has 3 N–H and O–H groups in total. The van der Waals surface area contributed by atoms with Crippen LogP contribution < -0.4 is 11.1 Å². The van der Waals surface area contributed by atoms with Gasteiger partial charge in [0.25, 0.3) is 11.8 Å². The lowest BCUT2D eigenvalue weighted by molar-refractivity contribution is -0.162. The van der Waals surface area contributed by atoms with E-state index in [4.69, 9.17) is 15.2 Å². The second kappa shape index (κ2) is 6.43. The minimum atomic E-state index is -0.898. The van der Waals surface area contributed by atoms with Crippen LogP contribution in [0.3, 0.4) is 0 Å². The van der Waals surface area contributed by atoms with Crippen LogP contribution in [-0.2, 0) is 25.6 Å². The summed E-state index contributed by atoms with van der Waals surface area (Å²) in [7, 11) is 0. The van der Waals surface area contributed by atoms with Crippen molar-refractivity contribution in [2.45, 2.75) is 25.0 Å². The van der Waals surface area contributed by atoms with Crippen LogP contribution in [-0.4, -0.2) is 54.8 Å². The van der Waals surface area contributed by atoms with Crippen LogP contribution in [0.25, 0.3) is 0 Å². The van der Waals surface area contributed by atoms with Gasteiger partial charge in [-0.05, 0) is 5.56 Å². The molecule has 0 radical (unpaired) electrons. The van der Waals surface area contributed by atoms with Crippen molar-refractivity contribution in [1.82, 2.24) is 10.2 Å². The van der Waals surface area contributed by atoms with E-state index in [2.05, 4.69) is 5.32 Å². The van der Waals surface area contributed by atoms with Gasteiger partial charge in [0, 0.05) is 19.6 Å². The van der Waals surface area contributed by atoms with E-state index in [-0.39, 0.29) is 11.8 Å². The Morgan fingerprint density at radius 1 is 1.32 bits per heavy atom. The maximum absolute atomic E-state index is 12.5. The van der Waals surface area contributed by atoms with Gasteiger partial charge in [0.15, 0.2) is 18.5 Å². The van der Waals surface area contributed by atoms with Gasteiger partial charge in [-0.25, -0.2) is 0 Å². The average Bonchev–Trinajstić information content (AvgIpc) is 2.90. The predicted molar refractivity (Wildman–Crippen MR) is 77.5 cm³/mol. The van der Waals surface area contributed by atoms with Gasteiger partial charge in [0.2, 0.25) is 0 Å².